The first-order chi connectivity index (χ1) is 14.8. The summed E-state index contributed by atoms with van der Waals surface area (Å²) in [5.74, 6) is -3.58. The van der Waals surface area contributed by atoms with E-state index in [1.165, 1.54) is 10.8 Å². The van der Waals surface area contributed by atoms with Gasteiger partial charge in [-0.05, 0) is 31.2 Å². The maximum atomic E-state index is 14.1. The molecular formula is C21H18ClF2N3O4. The third kappa shape index (κ3) is 2.94. The number of nitrogens with one attached hydrogen (secondary N) is 1. The first-order valence-corrected chi connectivity index (χ1v) is 10.3. The van der Waals surface area contributed by atoms with E-state index in [0.717, 1.165) is 31.4 Å². The van der Waals surface area contributed by atoms with Crippen LogP contribution in [0.25, 0.3) is 0 Å². The zero-order chi connectivity index (χ0) is 22.0. The number of rotatable bonds is 3. The first-order valence-electron chi connectivity index (χ1n) is 9.97. The lowest BCUT2D eigenvalue weighted by atomic mass is 9.95. The number of hydrogen-bond donors (Lipinski definition) is 2. The molecule has 0 spiro atoms. The topological polar surface area (TPSA) is 91.6 Å². The van der Waals surface area contributed by atoms with Crippen LogP contribution in [0.4, 0.5) is 8.78 Å². The van der Waals surface area contributed by atoms with Crippen LogP contribution in [0, 0.1) is 17.6 Å². The van der Waals surface area contributed by atoms with Crippen LogP contribution in [0.3, 0.4) is 0 Å². The third-order valence-corrected chi connectivity index (χ3v) is 6.96. The predicted molar refractivity (Wildman–Crippen MR) is 106 cm³/mol. The molecule has 7 nitrogen and oxygen atoms in total. The highest BCUT2D eigenvalue weighted by atomic mass is 35.5. The fourth-order valence-corrected chi connectivity index (χ4v) is 5.31. The summed E-state index contributed by atoms with van der Waals surface area (Å²) in [6, 6.07) is 2.22. The van der Waals surface area contributed by atoms with E-state index in [4.69, 9.17) is 11.6 Å². The second-order valence-corrected chi connectivity index (χ2v) is 8.62. The summed E-state index contributed by atoms with van der Waals surface area (Å²) in [6.07, 6.45) is 4.12. The summed E-state index contributed by atoms with van der Waals surface area (Å²) in [5, 5.41) is 12.1. The van der Waals surface area contributed by atoms with Crippen LogP contribution in [-0.2, 0) is 13.1 Å². The van der Waals surface area contributed by atoms with Gasteiger partial charge in [-0.2, -0.15) is 0 Å². The van der Waals surface area contributed by atoms with Crippen molar-refractivity contribution < 1.29 is 23.5 Å². The average Bonchev–Trinajstić information content (AvgIpc) is 3.36. The molecule has 162 valence electrons. The SMILES string of the molecule is O=C(NCc1ccc(F)c(Cl)c1F)c1cn2c(c(O)c1=O)C(=O)N1C3CCC(C3)C1C2. The highest BCUT2D eigenvalue weighted by Gasteiger charge is 2.51. The van der Waals surface area contributed by atoms with E-state index in [1.807, 2.05) is 0 Å². The molecule has 2 amide bonds. The molecule has 10 heteroatoms. The highest BCUT2D eigenvalue weighted by molar-refractivity contribution is 6.30. The van der Waals surface area contributed by atoms with Crippen molar-refractivity contribution in [3.8, 4) is 5.75 Å². The molecule has 1 aromatic carbocycles. The summed E-state index contributed by atoms with van der Waals surface area (Å²) in [7, 11) is 0. The van der Waals surface area contributed by atoms with Gasteiger partial charge >= 0.3 is 0 Å². The van der Waals surface area contributed by atoms with Gasteiger partial charge in [-0.15, -0.1) is 0 Å². The Morgan fingerprint density at radius 2 is 2.03 bits per heavy atom. The van der Waals surface area contributed by atoms with E-state index in [-0.39, 0.29) is 35.4 Å². The van der Waals surface area contributed by atoms with E-state index in [2.05, 4.69) is 5.32 Å². The number of halogens is 3. The molecule has 31 heavy (non-hydrogen) atoms. The summed E-state index contributed by atoms with van der Waals surface area (Å²) < 4.78 is 28.8. The van der Waals surface area contributed by atoms with Crippen LogP contribution in [0.5, 0.6) is 5.75 Å². The number of carbonyl (C=O) groups is 2. The molecule has 1 saturated carbocycles. The van der Waals surface area contributed by atoms with Gasteiger partial charge < -0.3 is 19.9 Å². The molecule has 2 N–H and O–H groups in total. The van der Waals surface area contributed by atoms with Crippen LogP contribution in [-0.4, -0.2) is 38.5 Å². The lowest BCUT2D eigenvalue weighted by molar-refractivity contribution is 0.0482. The van der Waals surface area contributed by atoms with Gasteiger partial charge in [0.15, 0.2) is 11.4 Å². The van der Waals surface area contributed by atoms with E-state index in [0.29, 0.717) is 12.5 Å². The van der Waals surface area contributed by atoms with Gasteiger partial charge in [-0.3, -0.25) is 14.4 Å². The number of hydrogen-bond acceptors (Lipinski definition) is 4. The number of nitrogens with zero attached hydrogens (tertiary/aromatic N) is 2. The molecular weight excluding hydrogens is 432 g/mol. The number of amides is 2. The molecule has 3 atom stereocenters. The third-order valence-electron chi connectivity index (χ3n) is 6.62. The summed E-state index contributed by atoms with van der Waals surface area (Å²) >= 11 is 5.54. The van der Waals surface area contributed by atoms with E-state index >= 15 is 0 Å². The minimum absolute atomic E-state index is 0.0213. The number of fused-ring (bicyclic) bond motifs is 6. The van der Waals surface area contributed by atoms with E-state index in [1.54, 1.807) is 4.90 Å². The Kier molecular flexibility index (Phi) is 4.55. The van der Waals surface area contributed by atoms with Crippen LogP contribution < -0.4 is 10.7 Å². The zero-order valence-electron chi connectivity index (χ0n) is 16.2. The molecule has 3 heterocycles. The molecule has 1 saturated heterocycles. The van der Waals surface area contributed by atoms with Gasteiger partial charge in [-0.1, -0.05) is 17.7 Å². The highest BCUT2D eigenvalue weighted by Crippen LogP contribution is 2.45. The van der Waals surface area contributed by atoms with Gasteiger partial charge in [-0.25, -0.2) is 8.78 Å². The van der Waals surface area contributed by atoms with Gasteiger partial charge in [0, 0.05) is 30.9 Å². The Balaban J connectivity index is 1.44. The minimum Gasteiger partial charge on any atom is -0.503 e. The number of pyridine rings is 1. The second-order valence-electron chi connectivity index (χ2n) is 8.25. The Morgan fingerprint density at radius 3 is 2.81 bits per heavy atom. The molecule has 1 aliphatic carbocycles. The van der Waals surface area contributed by atoms with Gasteiger partial charge in [0.05, 0.1) is 6.04 Å². The van der Waals surface area contributed by atoms with E-state index in [9.17, 15) is 28.3 Å². The Hall–Kier alpha value is -2.94. The smallest absolute Gasteiger partial charge is 0.275 e. The summed E-state index contributed by atoms with van der Waals surface area (Å²) in [6.45, 7) is 0.0459. The largest absolute Gasteiger partial charge is 0.503 e. The quantitative estimate of drug-likeness (QED) is 0.704. The second kappa shape index (κ2) is 7.05. The fraction of sp³-hybridized carbons (Fsp3) is 0.381. The van der Waals surface area contributed by atoms with Crippen molar-refractivity contribution in [3.63, 3.8) is 0 Å². The van der Waals surface area contributed by atoms with Crippen molar-refractivity contribution in [2.75, 3.05) is 0 Å². The monoisotopic (exact) mass is 449 g/mol. The van der Waals surface area contributed by atoms with Gasteiger partial charge in [0.2, 0.25) is 5.43 Å². The van der Waals surface area contributed by atoms with Crippen molar-refractivity contribution in [1.82, 2.24) is 14.8 Å². The number of piperidine rings is 1. The number of aromatic nitrogens is 1. The van der Waals surface area contributed by atoms with Crippen LogP contribution in [0.2, 0.25) is 5.02 Å². The molecule has 2 bridgehead atoms. The van der Waals surface area contributed by atoms with Crippen LogP contribution in [0.1, 0.15) is 45.7 Å². The molecule has 3 unspecified atom stereocenters. The number of aromatic hydroxyl groups is 1. The lowest BCUT2D eigenvalue weighted by Crippen LogP contribution is -2.52. The lowest BCUT2D eigenvalue weighted by Gasteiger charge is -2.40. The Labute approximate surface area is 180 Å². The summed E-state index contributed by atoms with van der Waals surface area (Å²) in [5.41, 5.74) is -1.51. The predicted octanol–water partition coefficient (Wildman–Crippen LogP) is 2.42. The molecule has 2 aliphatic heterocycles. The summed E-state index contributed by atoms with van der Waals surface area (Å²) in [4.78, 5) is 40.0. The normalized spacial score (nSPS) is 23.6. The van der Waals surface area contributed by atoms with Crippen molar-refractivity contribution in [1.29, 1.82) is 0 Å². The minimum atomic E-state index is -1.01. The van der Waals surface area contributed by atoms with Gasteiger partial charge in [0.25, 0.3) is 11.8 Å². The van der Waals surface area contributed by atoms with Crippen molar-refractivity contribution >= 4 is 23.4 Å². The molecule has 5 rings (SSSR count). The average molecular weight is 450 g/mol. The molecule has 2 aromatic rings. The fourth-order valence-electron chi connectivity index (χ4n) is 5.12. The maximum Gasteiger partial charge on any atom is 0.275 e. The molecule has 0 radical (unpaired) electrons. The molecule has 1 aromatic heterocycles. The zero-order valence-corrected chi connectivity index (χ0v) is 17.0. The molecule has 2 fully saturated rings. The molecule has 3 aliphatic rings. The number of carbonyl (C=O) groups excluding carboxylic acids is 2. The van der Waals surface area contributed by atoms with Crippen molar-refractivity contribution in [3.05, 3.63) is 62.0 Å². The van der Waals surface area contributed by atoms with Crippen LogP contribution in [0.15, 0.2) is 23.1 Å². The Bertz CT molecular complexity index is 1200. The van der Waals surface area contributed by atoms with Crippen molar-refractivity contribution in [2.24, 2.45) is 5.92 Å². The van der Waals surface area contributed by atoms with Gasteiger partial charge in [0.1, 0.15) is 22.2 Å². The van der Waals surface area contributed by atoms with E-state index < -0.39 is 39.6 Å². The first kappa shape index (κ1) is 20.0. The Morgan fingerprint density at radius 1 is 1.26 bits per heavy atom. The van der Waals surface area contributed by atoms with Crippen molar-refractivity contribution in [2.45, 2.75) is 44.4 Å². The maximum absolute atomic E-state index is 14.1. The van der Waals surface area contributed by atoms with Crippen LogP contribution >= 0.6 is 11.6 Å². The standard InChI is InChI=1S/C21H18ClF2N3O4/c22-15-13(23)4-2-10(16(15)24)6-25-20(30)12-7-26-8-14-9-1-3-11(5-9)27(14)21(31)17(26)19(29)18(12)28/h2,4,7,9,11,14,29H,1,3,5-6,8H2,(H,25,30). The number of benzene rings is 1.